The topological polar surface area (TPSA) is 103 Å². The minimum Gasteiger partial charge on any atom is -0.444 e. The summed E-state index contributed by atoms with van der Waals surface area (Å²) in [5.74, 6) is -0.830. The number of hydrogen-bond donors (Lipinski definition) is 1. The number of nitrogens with one attached hydrogen (secondary N) is 1. The molecule has 38 heavy (non-hydrogen) atoms. The smallest absolute Gasteiger partial charge is 0.411 e. The summed E-state index contributed by atoms with van der Waals surface area (Å²) in [6.45, 7) is 5.35. The second-order valence-corrected chi connectivity index (χ2v) is 12.3. The van der Waals surface area contributed by atoms with Gasteiger partial charge in [0.25, 0.3) is 0 Å². The normalized spacial score (nSPS) is 22.8. The number of ether oxygens (including phenoxy) is 1. The molecular weight excluding hydrogens is 507 g/mol. The van der Waals surface area contributed by atoms with Gasteiger partial charge in [-0.05, 0) is 63.1 Å². The highest BCUT2D eigenvalue weighted by Crippen LogP contribution is 2.43. The molecule has 4 atom stereocenters. The van der Waals surface area contributed by atoms with Crippen LogP contribution in [0.25, 0.3) is 11.1 Å². The average molecular weight is 539 g/mol. The van der Waals surface area contributed by atoms with E-state index in [1.54, 1.807) is 50.2 Å². The van der Waals surface area contributed by atoms with Crippen LogP contribution < -0.4 is 10.2 Å². The molecule has 0 radical (unpaired) electrons. The van der Waals surface area contributed by atoms with E-state index in [9.17, 15) is 19.6 Å². The van der Waals surface area contributed by atoms with Crippen molar-refractivity contribution >= 4 is 34.9 Å². The second-order valence-electron chi connectivity index (χ2n) is 11.3. The number of thiophene rings is 1. The van der Waals surface area contributed by atoms with Gasteiger partial charge in [0.15, 0.2) is 0 Å². The lowest BCUT2D eigenvalue weighted by molar-refractivity contribution is -0.128. The first-order chi connectivity index (χ1) is 18.0. The summed E-state index contributed by atoms with van der Waals surface area (Å²) in [5.41, 5.74) is 2.03. The summed E-state index contributed by atoms with van der Waals surface area (Å²) >= 11 is 1.19. The maximum atomic E-state index is 15.5. The summed E-state index contributed by atoms with van der Waals surface area (Å²) in [6, 6.07) is 5.82. The first kappa shape index (κ1) is 26.2. The summed E-state index contributed by atoms with van der Waals surface area (Å²) in [5, 5.41) is 14.2. The Kier molecular flexibility index (Phi) is 6.68. The maximum Gasteiger partial charge on any atom is 0.411 e. The van der Waals surface area contributed by atoms with Gasteiger partial charge in [-0.2, -0.15) is 5.26 Å². The SMILES string of the molecule is CN1C(=O)Cc2ccc(-c3csc(CC(C#N)NC(=O)C4C5CCC(C5)N4C(=O)OC(C)(C)C)c3F)cc21. The number of fused-ring (bicyclic) bond motifs is 3. The van der Waals surface area contributed by atoms with Crippen molar-refractivity contribution in [2.75, 3.05) is 11.9 Å². The van der Waals surface area contributed by atoms with Crippen LogP contribution in [0.1, 0.15) is 50.5 Å². The molecule has 0 spiro atoms. The monoisotopic (exact) mass is 538 g/mol. The predicted molar refractivity (Wildman–Crippen MR) is 141 cm³/mol. The molecule has 5 rings (SSSR count). The van der Waals surface area contributed by atoms with Crippen LogP contribution in [0.3, 0.4) is 0 Å². The van der Waals surface area contributed by atoms with E-state index in [0.717, 1.165) is 30.5 Å². The Morgan fingerprint density at radius 2 is 2.08 bits per heavy atom. The van der Waals surface area contributed by atoms with Gasteiger partial charge in [0.2, 0.25) is 11.8 Å². The van der Waals surface area contributed by atoms with E-state index in [2.05, 4.69) is 11.4 Å². The Morgan fingerprint density at radius 1 is 1.32 bits per heavy atom. The van der Waals surface area contributed by atoms with Crippen molar-refractivity contribution in [3.05, 3.63) is 39.8 Å². The summed E-state index contributed by atoms with van der Waals surface area (Å²) in [6.07, 6.45) is 2.22. The number of likely N-dealkylation sites (tertiary alicyclic amines) is 1. The molecule has 1 aromatic heterocycles. The molecule has 1 saturated heterocycles. The quantitative estimate of drug-likeness (QED) is 0.608. The summed E-state index contributed by atoms with van der Waals surface area (Å²) in [7, 11) is 1.70. The predicted octanol–water partition coefficient (Wildman–Crippen LogP) is 4.41. The van der Waals surface area contributed by atoms with E-state index >= 15 is 4.39 Å². The number of halogens is 1. The van der Waals surface area contributed by atoms with E-state index in [0.29, 0.717) is 22.4 Å². The zero-order valence-electron chi connectivity index (χ0n) is 21.9. The van der Waals surface area contributed by atoms with Crippen LogP contribution in [0.2, 0.25) is 0 Å². The van der Waals surface area contributed by atoms with Crippen LogP contribution in [0.4, 0.5) is 14.9 Å². The number of carbonyl (C=O) groups excluding carboxylic acids is 3. The highest BCUT2D eigenvalue weighted by molar-refractivity contribution is 7.10. The number of carbonyl (C=O) groups is 3. The molecule has 3 aliphatic rings. The number of rotatable bonds is 5. The molecule has 10 heteroatoms. The van der Waals surface area contributed by atoms with E-state index < -0.39 is 35.5 Å². The van der Waals surface area contributed by atoms with Gasteiger partial charge in [0.05, 0.1) is 12.5 Å². The Labute approximate surface area is 225 Å². The standard InChI is InChI=1S/C28H31FN4O4S/c1-28(2,3)37-27(36)33-19-8-7-17(9-19)25(33)26(35)31-18(13-30)12-22-24(29)20(14-38-22)15-5-6-16-11-23(34)32(4)21(16)10-15/h5-6,10,14,17-19,25H,7-9,11-12H2,1-4H3,(H,31,35). The number of likely N-dealkylation sites (N-methyl/N-ethyl adjacent to an activating group) is 1. The highest BCUT2D eigenvalue weighted by Gasteiger charge is 2.52. The van der Waals surface area contributed by atoms with Crippen molar-refractivity contribution in [3.63, 3.8) is 0 Å². The largest absolute Gasteiger partial charge is 0.444 e. The van der Waals surface area contributed by atoms with Crippen molar-refractivity contribution < 1.29 is 23.5 Å². The van der Waals surface area contributed by atoms with E-state index in [4.69, 9.17) is 4.74 Å². The molecule has 2 bridgehead atoms. The van der Waals surface area contributed by atoms with Crippen LogP contribution >= 0.6 is 11.3 Å². The third-order valence-electron chi connectivity index (χ3n) is 7.59. The molecule has 2 aliphatic heterocycles. The number of amides is 3. The lowest BCUT2D eigenvalue weighted by Crippen LogP contribution is -2.55. The third-order valence-corrected chi connectivity index (χ3v) is 8.58. The van der Waals surface area contributed by atoms with Crippen LogP contribution in [-0.4, -0.2) is 53.6 Å². The van der Waals surface area contributed by atoms with Crippen molar-refractivity contribution in [2.45, 2.75) is 76.6 Å². The molecule has 8 nitrogen and oxygen atoms in total. The number of anilines is 1. The molecule has 1 saturated carbocycles. The number of piperidine rings is 1. The summed E-state index contributed by atoms with van der Waals surface area (Å²) < 4.78 is 21.0. The molecule has 2 fully saturated rings. The van der Waals surface area contributed by atoms with Gasteiger partial charge >= 0.3 is 6.09 Å². The van der Waals surface area contributed by atoms with Crippen molar-refractivity contribution in [1.82, 2.24) is 10.2 Å². The van der Waals surface area contributed by atoms with Gasteiger partial charge in [0.1, 0.15) is 23.5 Å². The van der Waals surface area contributed by atoms with Crippen LogP contribution in [0.15, 0.2) is 23.6 Å². The minimum atomic E-state index is -0.952. The van der Waals surface area contributed by atoms with Crippen LogP contribution in [0, 0.1) is 23.1 Å². The lowest BCUT2D eigenvalue weighted by Gasteiger charge is -2.35. The Hall–Kier alpha value is -3.45. The third kappa shape index (κ3) is 4.75. The molecule has 200 valence electrons. The zero-order chi connectivity index (χ0) is 27.4. The average Bonchev–Trinajstić information content (AvgIpc) is 3.62. The fourth-order valence-electron chi connectivity index (χ4n) is 5.80. The molecule has 3 heterocycles. The second kappa shape index (κ2) is 9.70. The van der Waals surface area contributed by atoms with Gasteiger partial charge in [-0.25, -0.2) is 9.18 Å². The van der Waals surface area contributed by atoms with E-state index in [1.807, 2.05) is 6.07 Å². The Balaban J connectivity index is 1.30. The van der Waals surface area contributed by atoms with Gasteiger partial charge in [0, 0.05) is 41.0 Å². The Bertz CT molecular complexity index is 1340. The number of hydrogen-bond acceptors (Lipinski definition) is 6. The fraction of sp³-hybridized carbons (Fsp3) is 0.500. The lowest BCUT2D eigenvalue weighted by atomic mass is 9.97. The van der Waals surface area contributed by atoms with E-state index in [-0.39, 0.29) is 24.3 Å². The maximum absolute atomic E-state index is 15.5. The highest BCUT2D eigenvalue weighted by atomic mass is 32.1. The number of benzene rings is 1. The van der Waals surface area contributed by atoms with Crippen LogP contribution in [-0.2, 0) is 27.2 Å². The molecule has 1 aliphatic carbocycles. The fourth-order valence-corrected chi connectivity index (χ4v) is 6.78. The van der Waals surface area contributed by atoms with Gasteiger partial charge in [-0.15, -0.1) is 11.3 Å². The zero-order valence-corrected chi connectivity index (χ0v) is 22.7. The molecule has 1 N–H and O–H groups in total. The van der Waals surface area contributed by atoms with Crippen LogP contribution in [0.5, 0.6) is 0 Å². The van der Waals surface area contributed by atoms with Crippen molar-refractivity contribution in [1.29, 1.82) is 5.26 Å². The molecule has 3 amide bonds. The Morgan fingerprint density at radius 3 is 2.79 bits per heavy atom. The minimum absolute atomic E-state index is 0.00282. The van der Waals surface area contributed by atoms with Crippen molar-refractivity contribution in [3.8, 4) is 17.2 Å². The number of nitrogens with zero attached hydrogens (tertiary/aromatic N) is 3. The van der Waals surface area contributed by atoms with Gasteiger partial charge in [-0.3, -0.25) is 14.5 Å². The molecule has 1 aromatic carbocycles. The van der Waals surface area contributed by atoms with E-state index in [1.165, 1.54) is 16.2 Å². The molecule has 2 aromatic rings. The first-order valence-corrected chi connectivity index (χ1v) is 13.7. The van der Waals surface area contributed by atoms with Gasteiger partial charge in [-0.1, -0.05) is 12.1 Å². The molecule has 4 unspecified atom stereocenters. The summed E-state index contributed by atoms with van der Waals surface area (Å²) in [4.78, 5) is 41.7. The molecular formula is C28H31FN4O4S. The first-order valence-electron chi connectivity index (χ1n) is 12.8. The number of nitriles is 1. The van der Waals surface area contributed by atoms with Gasteiger partial charge < -0.3 is 15.0 Å². The van der Waals surface area contributed by atoms with Crippen molar-refractivity contribution in [2.24, 2.45) is 5.92 Å².